The van der Waals surface area contributed by atoms with Gasteiger partial charge in [-0.3, -0.25) is 4.98 Å². The van der Waals surface area contributed by atoms with E-state index in [4.69, 9.17) is 5.73 Å². The second kappa shape index (κ2) is 6.86. The van der Waals surface area contributed by atoms with E-state index in [1.165, 1.54) is 37.7 Å². The van der Waals surface area contributed by atoms with Gasteiger partial charge < -0.3 is 10.6 Å². The summed E-state index contributed by atoms with van der Waals surface area (Å²) in [7, 11) is 2.15. The first kappa shape index (κ1) is 13.5. The monoisotopic (exact) mass is 247 g/mol. The van der Waals surface area contributed by atoms with E-state index in [-0.39, 0.29) is 0 Å². The van der Waals surface area contributed by atoms with Gasteiger partial charge in [-0.15, -0.1) is 0 Å². The Hall–Kier alpha value is -0.930. The third-order valence-electron chi connectivity index (χ3n) is 3.95. The molecule has 0 saturated heterocycles. The molecule has 1 aliphatic rings. The maximum Gasteiger partial charge on any atom is 0.0312 e. The van der Waals surface area contributed by atoms with Gasteiger partial charge in [0.1, 0.15) is 0 Å². The Morgan fingerprint density at radius 1 is 1.39 bits per heavy atom. The summed E-state index contributed by atoms with van der Waals surface area (Å²) in [6.07, 6.45) is 10.5. The molecule has 1 aromatic rings. The van der Waals surface area contributed by atoms with Crippen LogP contribution in [0.1, 0.15) is 37.7 Å². The Labute approximate surface area is 110 Å². The van der Waals surface area contributed by atoms with E-state index >= 15 is 0 Å². The molecule has 18 heavy (non-hydrogen) atoms. The zero-order valence-electron chi connectivity index (χ0n) is 11.4. The van der Waals surface area contributed by atoms with Crippen molar-refractivity contribution in [2.24, 2.45) is 11.7 Å². The largest absolute Gasteiger partial charge is 0.326 e. The molecule has 1 saturated carbocycles. The highest BCUT2D eigenvalue weighted by molar-refractivity contribution is 5.08. The van der Waals surface area contributed by atoms with Gasteiger partial charge in [0.25, 0.3) is 0 Å². The van der Waals surface area contributed by atoms with Crippen LogP contribution in [-0.2, 0) is 6.54 Å². The fraction of sp³-hybridized carbons (Fsp3) is 0.667. The molecule has 1 heterocycles. The molecule has 0 aliphatic heterocycles. The standard InChI is InChI=1S/C15H25N3/c1-18(11-13-6-5-9-17-10-13)12-15(16)14-7-3-2-4-8-14/h5-6,9-10,14-15H,2-4,7-8,11-12,16H2,1H3. The minimum absolute atomic E-state index is 0.326. The molecule has 0 spiro atoms. The fourth-order valence-corrected chi connectivity index (χ4v) is 2.94. The molecule has 100 valence electrons. The molecule has 1 unspecified atom stereocenters. The van der Waals surface area contributed by atoms with Gasteiger partial charge in [-0.05, 0) is 37.4 Å². The number of hydrogen-bond acceptors (Lipinski definition) is 3. The average Bonchev–Trinajstić information content (AvgIpc) is 2.40. The summed E-state index contributed by atoms with van der Waals surface area (Å²) in [5.41, 5.74) is 7.61. The van der Waals surface area contributed by atoms with E-state index in [2.05, 4.69) is 23.0 Å². The first-order valence-corrected chi connectivity index (χ1v) is 7.09. The molecule has 0 bridgehead atoms. The van der Waals surface area contributed by atoms with Crippen molar-refractivity contribution in [2.75, 3.05) is 13.6 Å². The lowest BCUT2D eigenvalue weighted by Gasteiger charge is -2.30. The highest BCUT2D eigenvalue weighted by Crippen LogP contribution is 2.25. The highest BCUT2D eigenvalue weighted by Gasteiger charge is 2.21. The van der Waals surface area contributed by atoms with Crippen LogP contribution in [0.3, 0.4) is 0 Å². The first-order valence-electron chi connectivity index (χ1n) is 7.09. The van der Waals surface area contributed by atoms with E-state index in [0.29, 0.717) is 6.04 Å². The van der Waals surface area contributed by atoms with E-state index in [9.17, 15) is 0 Å². The number of hydrogen-bond donors (Lipinski definition) is 1. The molecule has 0 amide bonds. The number of aromatic nitrogens is 1. The van der Waals surface area contributed by atoms with E-state index in [0.717, 1.165) is 19.0 Å². The van der Waals surface area contributed by atoms with Crippen molar-refractivity contribution in [3.05, 3.63) is 30.1 Å². The Balaban J connectivity index is 1.77. The summed E-state index contributed by atoms with van der Waals surface area (Å²) in [5.74, 6) is 0.732. The molecule has 1 fully saturated rings. The van der Waals surface area contributed by atoms with Gasteiger partial charge in [0.15, 0.2) is 0 Å². The highest BCUT2D eigenvalue weighted by atomic mass is 15.1. The Morgan fingerprint density at radius 3 is 2.83 bits per heavy atom. The lowest BCUT2D eigenvalue weighted by atomic mass is 9.84. The third-order valence-corrected chi connectivity index (χ3v) is 3.95. The topological polar surface area (TPSA) is 42.2 Å². The van der Waals surface area contributed by atoms with Crippen LogP contribution in [-0.4, -0.2) is 29.5 Å². The molecule has 3 heteroatoms. The van der Waals surface area contributed by atoms with E-state index < -0.39 is 0 Å². The van der Waals surface area contributed by atoms with Crippen LogP contribution in [0.15, 0.2) is 24.5 Å². The summed E-state index contributed by atoms with van der Waals surface area (Å²) in [6, 6.07) is 4.44. The van der Waals surface area contributed by atoms with E-state index in [1.54, 1.807) is 0 Å². The van der Waals surface area contributed by atoms with E-state index in [1.807, 2.05) is 18.5 Å². The lowest BCUT2D eigenvalue weighted by Crippen LogP contribution is -2.41. The lowest BCUT2D eigenvalue weighted by molar-refractivity contribution is 0.229. The van der Waals surface area contributed by atoms with Crippen LogP contribution < -0.4 is 5.73 Å². The molecule has 3 nitrogen and oxygen atoms in total. The van der Waals surface area contributed by atoms with Crippen molar-refractivity contribution in [3.63, 3.8) is 0 Å². The van der Waals surface area contributed by atoms with Gasteiger partial charge in [-0.2, -0.15) is 0 Å². The van der Waals surface area contributed by atoms with Crippen molar-refractivity contribution in [3.8, 4) is 0 Å². The molecule has 1 aromatic heterocycles. The molecular weight excluding hydrogens is 222 g/mol. The smallest absolute Gasteiger partial charge is 0.0312 e. The van der Waals surface area contributed by atoms with Crippen LogP contribution >= 0.6 is 0 Å². The molecule has 1 aliphatic carbocycles. The maximum atomic E-state index is 6.35. The molecule has 2 rings (SSSR count). The summed E-state index contributed by atoms with van der Waals surface area (Å²) >= 11 is 0. The zero-order valence-corrected chi connectivity index (χ0v) is 11.4. The number of pyridine rings is 1. The van der Waals surface area contributed by atoms with Gasteiger partial charge in [-0.25, -0.2) is 0 Å². The SMILES string of the molecule is CN(Cc1cccnc1)CC(N)C1CCCCC1. The summed E-state index contributed by atoms with van der Waals surface area (Å²) in [4.78, 5) is 6.46. The number of rotatable bonds is 5. The average molecular weight is 247 g/mol. The minimum Gasteiger partial charge on any atom is -0.326 e. The van der Waals surface area contributed by atoms with Crippen LogP contribution in [0.5, 0.6) is 0 Å². The van der Waals surface area contributed by atoms with Gasteiger partial charge in [0.2, 0.25) is 0 Å². The third kappa shape index (κ3) is 4.07. The van der Waals surface area contributed by atoms with Crippen molar-refractivity contribution in [2.45, 2.75) is 44.7 Å². The van der Waals surface area contributed by atoms with Crippen LogP contribution in [0.4, 0.5) is 0 Å². The summed E-state index contributed by atoms with van der Waals surface area (Å²) in [6.45, 7) is 1.92. The van der Waals surface area contributed by atoms with Gasteiger partial charge in [0, 0.05) is 31.5 Å². The molecule has 1 atom stereocenters. The first-order chi connectivity index (χ1) is 8.75. The van der Waals surface area contributed by atoms with Crippen molar-refractivity contribution >= 4 is 0 Å². The van der Waals surface area contributed by atoms with Gasteiger partial charge >= 0.3 is 0 Å². The summed E-state index contributed by atoms with van der Waals surface area (Å²) in [5, 5.41) is 0. The Morgan fingerprint density at radius 2 is 2.17 bits per heavy atom. The van der Waals surface area contributed by atoms with Crippen molar-refractivity contribution < 1.29 is 0 Å². The van der Waals surface area contributed by atoms with Crippen LogP contribution in [0.2, 0.25) is 0 Å². The molecule has 0 radical (unpaired) electrons. The number of nitrogens with two attached hydrogens (primary N) is 1. The molecule has 0 aromatic carbocycles. The number of nitrogens with zero attached hydrogens (tertiary/aromatic N) is 2. The fourth-order valence-electron chi connectivity index (χ4n) is 2.94. The normalized spacial score (nSPS) is 19.1. The number of likely N-dealkylation sites (N-methyl/N-ethyl adjacent to an activating group) is 1. The predicted octanol–water partition coefficient (Wildman–Crippen LogP) is 2.42. The zero-order chi connectivity index (χ0) is 12.8. The Bertz CT molecular complexity index is 333. The quantitative estimate of drug-likeness (QED) is 0.869. The Kier molecular flexibility index (Phi) is 5.14. The minimum atomic E-state index is 0.326. The van der Waals surface area contributed by atoms with Crippen LogP contribution in [0.25, 0.3) is 0 Å². The van der Waals surface area contributed by atoms with Crippen LogP contribution in [0, 0.1) is 5.92 Å². The molecule has 2 N–H and O–H groups in total. The maximum absolute atomic E-state index is 6.35. The predicted molar refractivity (Wildman–Crippen MR) is 75.1 cm³/mol. The second-order valence-electron chi connectivity index (χ2n) is 5.62. The van der Waals surface area contributed by atoms with Crippen molar-refractivity contribution in [1.29, 1.82) is 0 Å². The van der Waals surface area contributed by atoms with Gasteiger partial charge in [0.05, 0.1) is 0 Å². The van der Waals surface area contributed by atoms with Crippen molar-refractivity contribution in [1.82, 2.24) is 9.88 Å². The second-order valence-corrected chi connectivity index (χ2v) is 5.62. The molecular formula is C15H25N3. The van der Waals surface area contributed by atoms with Gasteiger partial charge in [-0.1, -0.05) is 25.3 Å². The summed E-state index contributed by atoms with van der Waals surface area (Å²) < 4.78 is 0.